The van der Waals surface area contributed by atoms with Gasteiger partial charge in [0.05, 0.1) is 15.1 Å². The van der Waals surface area contributed by atoms with Crippen LogP contribution in [0.15, 0.2) is 46.1 Å². The van der Waals surface area contributed by atoms with Crippen LogP contribution in [-0.2, 0) is 29.5 Å². The molecule has 1 fully saturated rings. The van der Waals surface area contributed by atoms with Crippen molar-refractivity contribution in [2.24, 2.45) is 0 Å². The van der Waals surface area contributed by atoms with Gasteiger partial charge in [-0.25, -0.2) is 0 Å². The predicted octanol–water partition coefficient (Wildman–Crippen LogP) is 4.67. The van der Waals surface area contributed by atoms with Gasteiger partial charge in [0.15, 0.2) is 0 Å². The maximum absolute atomic E-state index is 12.6. The smallest absolute Gasteiger partial charge is 0.302 e. The van der Waals surface area contributed by atoms with Crippen molar-refractivity contribution in [3.05, 3.63) is 62.8 Å². The molecule has 0 amide bonds. The van der Waals surface area contributed by atoms with Gasteiger partial charge in [-0.05, 0) is 93.1 Å². The minimum atomic E-state index is -4.19. The number of hydrogen-bond donors (Lipinski definition) is 1. The largest absolute Gasteiger partial charge is 0.308 e. The molecular weight excluding hydrogens is 456 g/mol. The number of likely N-dealkylation sites (tertiary alicyclic amines) is 1. The summed E-state index contributed by atoms with van der Waals surface area (Å²) in [5.41, 5.74) is 4.13. The zero-order chi connectivity index (χ0) is 23.4. The van der Waals surface area contributed by atoms with Gasteiger partial charge < -0.3 is 4.90 Å². The van der Waals surface area contributed by atoms with Crippen LogP contribution in [0.1, 0.15) is 48.8 Å². The van der Waals surface area contributed by atoms with E-state index in [1.807, 2.05) is 11.5 Å². The van der Waals surface area contributed by atoms with Crippen LogP contribution in [0.4, 0.5) is 0 Å². The van der Waals surface area contributed by atoms with Crippen LogP contribution in [0.3, 0.4) is 0 Å². The van der Waals surface area contributed by atoms with E-state index in [2.05, 4.69) is 23.1 Å². The van der Waals surface area contributed by atoms with Gasteiger partial charge >= 0.3 is 4.87 Å². The van der Waals surface area contributed by atoms with Gasteiger partial charge in [-0.2, -0.15) is 8.42 Å². The summed E-state index contributed by atoms with van der Waals surface area (Å²) in [6.45, 7) is 5.87. The minimum absolute atomic E-state index is 0.0594. The third-order valence-corrected chi connectivity index (χ3v) is 8.39. The molecule has 178 valence electrons. The predicted molar refractivity (Wildman–Crippen MR) is 134 cm³/mol. The third kappa shape index (κ3) is 6.12. The van der Waals surface area contributed by atoms with E-state index in [-0.39, 0.29) is 9.77 Å². The van der Waals surface area contributed by atoms with Crippen molar-refractivity contribution in [2.75, 3.05) is 19.6 Å². The lowest BCUT2D eigenvalue weighted by molar-refractivity contribution is 0.274. The fourth-order valence-corrected chi connectivity index (χ4v) is 6.15. The molecule has 0 atom stereocenters. The molecule has 1 aliphatic heterocycles. The van der Waals surface area contributed by atoms with Crippen LogP contribution in [0.25, 0.3) is 10.2 Å². The Morgan fingerprint density at radius 3 is 2.45 bits per heavy atom. The zero-order valence-corrected chi connectivity index (χ0v) is 20.8. The maximum Gasteiger partial charge on any atom is 0.308 e. The average Bonchev–Trinajstić information content (AvgIpc) is 2.92. The molecule has 33 heavy (non-hydrogen) atoms. The highest BCUT2D eigenvalue weighted by Crippen LogP contribution is 2.22. The number of nitrogens with zero attached hydrogens (tertiary/aromatic N) is 2. The number of benzene rings is 2. The number of aryl methyl sites for hydroxylation is 3. The highest BCUT2D eigenvalue weighted by atomic mass is 32.2. The molecule has 6 nitrogen and oxygen atoms in total. The molecule has 2 aromatic carbocycles. The molecule has 4 rings (SSSR count). The van der Waals surface area contributed by atoms with E-state index >= 15 is 0 Å². The monoisotopic (exact) mass is 488 g/mol. The zero-order valence-electron chi connectivity index (χ0n) is 19.1. The van der Waals surface area contributed by atoms with Gasteiger partial charge in [-0.15, -0.1) is 0 Å². The van der Waals surface area contributed by atoms with E-state index in [0.717, 1.165) is 66.8 Å². The fraction of sp³-hybridized carbons (Fsp3) is 0.480. The van der Waals surface area contributed by atoms with Crippen molar-refractivity contribution < 1.29 is 13.0 Å². The lowest BCUT2D eigenvalue weighted by Gasteiger charge is -2.19. The Bertz CT molecular complexity index is 1270. The number of thiazole rings is 1. The molecule has 1 aromatic heterocycles. The maximum atomic E-state index is 12.6. The molecule has 3 aromatic rings. The molecule has 2 heterocycles. The van der Waals surface area contributed by atoms with Gasteiger partial charge in [-0.1, -0.05) is 36.3 Å². The van der Waals surface area contributed by atoms with Crippen LogP contribution in [0.5, 0.6) is 0 Å². The second kappa shape index (κ2) is 10.5. The fourth-order valence-electron chi connectivity index (χ4n) is 4.64. The quantitative estimate of drug-likeness (QED) is 0.466. The Balaban J connectivity index is 1.40. The molecule has 0 radical (unpaired) electrons. The van der Waals surface area contributed by atoms with E-state index in [0.29, 0.717) is 0 Å². The Morgan fingerprint density at radius 2 is 1.73 bits per heavy atom. The first-order valence-corrected chi connectivity index (χ1v) is 14.0. The normalized spacial score (nSPS) is 15.7. The number of hydrogen-bond acceptors (Lipinski definition) is 5. The van der Waals surface area contributed by atoms with Gasteiger partial charge in [0.25, 0.3) is 10.1 Å². The summed E-state index contributed by atoms with van der Waals surface area (Å²) in [4.78, 5) is 15.2. The first-order chi connectivity index (χ1) is 15.8. The van der Waals surface area contributed by atoms with Crippen LogP contribution >= 0.6 is 11.3 Å². The number of rotatable bonds is 8. The molecule has 0 bridgehead atoms. The topological polar surface area (TPSA) is 79.6 Å². The Hall–Kier alpha value is -2.00. The van der Waals surface area contributed by atoms with Gasteiger partial charge in [0.1, 0.15) is 0 Å². The van der Waals surface area contributed by atoms with Crippen molar-refractivity contribution in [2.45, 2.75) is 63.3 Å². The van der Waals surface area contributed by atoms with E-state index in [4.69, 9.17) is 0 Å². The Kier molecular flexibility index (Phi) is 7.69. The van der Waals surface area contributed by atoms with Gasteiger partial charge in [0, 0.05) is 13.1 Å². The summed E-state index contributed by atoms with van der Waals surface area (Å²) in [7, 11) is -4.19. The SMILES string of the molecule is Cc1ccc(S(=O)(=O)O)cc1CCCc1ccc2c(c1)sc(=O)n2CCN1CCCCCC1. The lowest BCUT2D eigenvalue weighted by Crippen LogP contribution is -2.30. The standard InChI is InChI=1S/C25H32N2O4S2/c1-19-9-11-22(33(29,30)31)18-21(19)8-6-7-20-10-12-23-24(17-20)32-25(28)27(23)16-15-26-13-4-2-3-5-14-26/h9-12,17-18H,2-8,13-16H2,1H3,(H,29,30,31). The minimum Gasteiger partial charge on any atom is -0.302 e. The molecule has 8 heteroatoms. The van der Waals surface area contributed by atoms with Crippen molar-refractivity contribution in [3.8, 4) is 0 Å². The van der Waals surface area contributed by atoms with E-state index in [9.17, 15) is 17.8 Å². The van der Waals surface area contributed by atoms with E-state index in [1.54, 1.807) is 12.1 Å². The Morgan fingerprint density at radius 1 is 0.970 bits per heavy atom. The summed E-state index contributed by atoms with van der Waals surface area (Å²) < 4.78 is 35.1. The van der Waals surface area contributed by atoms with Crippen molar-refractivity contribution in [3.63, 3.8) is 0 Å². The number of aromatic nitrogens is 1. The van der Waals surface area contributed by atoms with Crippen LogP contribution < -0.4 is 4.87 Å². The summed E-state index contributed by atoms with van der Waals surface area (Å²) in [6.07, 6.45) is 7.54. The van der Waals surface area contributed by atoms with Gasteiger partial charge in [-0.3, -0.25) is 13.9 Å². The molecule has 1 saturated heterocycles. The summed E-state index contributed by atoms with van der Waals surface area (Å²) in [5.74, 6) is 0. The van der Waals surface area contributed by atoms with Crippen LogP contribution in [0.2, 0.25) is 0 Å². The van der Waals surface area contributed by atoms with Crippen LogP contribution in [0, 0.1) is 6.92 Å². The summed E-state index contributed by atoms with van der Waals surface area (Å²) in [6, 6.07) is 11.0. The second-order valence-corrected chi connectivity index (χ2v) is 11.4. The molecule has 0 saturated carbocycles. The highest BCUT2D eigenvalue weighted by molar-refractivity contribution is 7.85. The molecule has 1 N–H and O–H groups in total. The van der Waals surface area contributed by atoms with Gasteiger partial charge in [0.2, 0.25) is 0 Å². The third-order valence-electron chi connectivity index (χ3n) is 6.60. The van der Waals surface area contributed by atoms with Crippen LogP contribution in [-0.4, -0.2) is 42.1 Å². The average molecular weight is 489 g/mol. The number of fused-ring (bicyclic) bond motifs is 1. The van der Waals surface area contributed by atoms with E-state index in [1.165, 1.54) is 48.6 Å². The van der Waals surface area contributed by atoms with E-state index < -0.39 is 10.1 Å². The highest BCUT2D eigenvalue weighted by Gasteiger charge is 2.13. The molecule has 0 unspecified atom stereocenters. The molecular formula is C25H32N2O4S2. The molecule has 0 aliphatic carbocycles. The molecule has 1 aliphatic rings. The molecule has 0 spiro atoms. The first kappa shape index (κ1) is 24.1. The van der Waals surface area contributed by atoms with Crippen molar-refractivity contribution in [1.29, 1.82) is 0 Å². The lowest BCUT2D eigenvalue weighted by atomic mass is 10.0. The van der Waals surface area contributed by atoms with Crippen molar-refractivity contribution in [1.82, 2.24) is 9.47 Å². The first-order valence-electron chi connectivity index (χ1n) is 11.7. The Labute approximate surface area is 199 Å². The second-order valence-electron chi connectivity index (χ2n) is 8.99. The summed E-state index contributed by atoms with van der Waals surface area (Å²) in [5, 5.41) is 0. The summed E-state index contributed by atoms with van der Waals surface area (Å²) >= 11 is 1.32. The van der Waals surface area contributed by atoms with Crippen molar-refractivity contribution >= 4 is 31.7 Å².